The van der Waals surface area contributed by atoms with E-state index in [0.29, 0.717) is 22.9 Å². The van der Waals surface area contributed by atoms with Crippen molar-refractivity contribution >= 4 is 5.82 Å². The van der Waals surface area contributed by atoms with E-state index < -0.39 is 11.6 Å². The number of anilines is 1. The molecule has 3 heterocycles. The van der Waals surface area contributed by atoms with Crippen LogP contribution in [0.3, 0.4) is 0 Å². The summed E-state index contributed by atoms with van der Waals surface area (Å²) < 4.78 is 30.4. The molecule has 4 rings (SSSR count). The van der Waals surface area contributed by atoms with Crippen molar-refractivity contribution < 1.29 is 8.78 Å². The molecule has 3 aromatic heterocycles. The van der Waals surface area contributed by atoms with Gasteiger partial charge >= 0.3 is 0 Å². The van der Waals surface area contributed by atoms with Gasteiger partial charge in [-0.2, -0.15) is 10.2 Å². The minimum Gasteiger partial charge on any atom is -0.366 e. The highest BCUT2D eigenvalue weighted by molar-refractivity contribution is 5.66. The lowest BCUT2D eigenvalue weighted by molar-refractivity contribution is 0.574. The molecule has 4 aromatic rings. The van der Waals surface area contributed by atoms with Crippen LogP contribution in [0.5, 0.6) is 0 Å². The smallest absolute Gasteiger partial charge is 0.165 e. The lowest BCUT2D eigenvalue weighted by Gasteiger charge is -2.10. The Morgan fingerprint density at radius 3 is 2.29 bits per heavy atom. The van der Waals surface area contributed by atoms with E-state index in [1.54, 1.807) is 27.8 Å². The van der Waals surface area contributed by atoms with Gasteiger partial charge in [0.05, 0.1) is 23.7 Å². The summed E-state index contributed by atoms with van der Waals surface area (Å²) in [7, 11) is 3.63. The van der Waals surface area contributed by atoms with Crippen molar-refractivity contribution in [2.24, 2.45) is 14.1 Å². The molecule has 1 aromatic carbocycles. The second-order valence-corrected chi connectivity index (χ2v) is 6.36. The van der Waals surface area contributed by atoms with Crippen molar-refractivity contribution in [1.82, 2.24) is 29.5 Å². The summed E-state index contributed by atoms with van der Waals surface area (Å²) in [5.74, 6) is -0.226. The lowest BCUT2D eigenvalue weighted by Crippen LogP contribution is -2.05. The molecule has 0 aliphatic carbocycles. The highest BCUT2D eigenvalue weighted by Gasteiger charge is 2.12. The van der Waals surface area contributed by atoms with Crippen LogP contribution in [0.15, 0.2) is 49.1 Å². The number of nitrogens with zero attached hydrogens (tertiary/aromatic N) is 6. The van der Waals surface area contributed by atoms with Crippen LogP contribution in [0.4, 0.5) is 14.6 Å². The Morgan fingerprint density at radius 1 is 0.929 bits per heavy atom. The van der Waals surface area contributed by atoms with Crippen molar-refractivity contribution in [3.63, 3.8) is 0 Å². The maximum absolute atomic E-state index is 13.9. The van der Waals surface area contributed by atoms with Crippen LogP contribution in [0, 0.1) is 11.6 Å². The molecule has 0 saturated carbocycles. The Bertz CT molecular complexity index is 1070. The third-order valence-electron chi connectivity index (χ3n) is 4.16. The molecular formula is C19H17F2N7. The molecule has 0 amide bonds. The van der Waals surface area contributed by atoms with Crippen LogP contribution >= 0.6 is 0 Å². The first-order chi connectivity index (χ1) is 13.5. The third-order valence-corrected chi connectivity index (χ3v) is 4.16. The fourth-order valence-corrected chi connectivity index (χ4v) is 2.76. The molecule has 9 heteroatoms. The molecular weight excluding hydrogens is 364 g/mol. The van der Waals surface area contributed by atoms with Crippen LogP contribution in [0.2, 0.25) is 0 Å². The van der Waals surface area contributed by atoms with Gasteiger partial charge in [-0.3, -0.25) is 9.36 Å². The van der Waals surface area contributed by atoms with Crippen molar-refractivity contribution in [3.05, 3.63) is 66.3 Å². The van der Waals surface area contributed by atoms with E-state index in [4.69, 9.17) is 0 Å². The Hall–Kier alpha value is -3.62. The average Bonchev–Trinajstić information content (AvgIpc) is 3.29. The van der Waals surface area contributed by atoms with Crippen LogP contribution in [0.25, 0.3) is 22.6 Å². The minimum atomic E-state index is -0.610. The largest absolute Gasteiger partial charge is 0.366 e. The van der Waals surface area contributed by atoms with Gasteiger partial charge in [0.1, 0.15) is 17.5 Å². The third kappa shape index (κ3) is 3.73. The van der Waals surface area contributed by atoms with Crippen molar-refractivity contribution in [2.75, 3.05) is 5.32 Å². The number of hydrogen-bond donors (Lipinski definition) is 1. The molecule has 0 atom stereocenters. The molecule has 142 valence electrons. The maximum atomic E-state index is 13.9. The number of nitrogens with one attached hydrogen (secondary N) is 1. The standard InChI is InChI=1S/C19H17F2N7/c1-27-10-13(8-23-27)17-6-18(22-7-12-3-4-15(20)5-16(12)21)26-19(25-17)14-9-24-28(2)11-14/h3-6,8-11H,7H2,1-2H3,(H,22,25,26). The van der Waals surface area contributed by atoms with E-state index in [-0.39, 0.29) is 6.54 Å². The maximum Gasteiger partial charge on any atom is 0.165 e. The SMILES string of the molecule is Cn1cc(-c2cc(NCc3ccc(F)cc3F)nc(-c3cnn(C)c3)n2)cn1. The zero-order chi connectivity index (χ0) is 19.7. The number of rotatable bonds is 5. The number of aromatic nitrogens is 6. The van der Waals surface area contributed by atoms with Gasteiger partial charge in [-0.15, -0.1) is 0 Å². The van der Waals surface area contributed by atoms with Crippen LogP contribution < -0.4 is 5.32 Å². The van der Waals surface area contributed by atoms with E-state index in [1.165, 1.54) is 12.1 Å². The van der Waals surface area contributed by atoms with E-state index in [1.807, 2.05) is 26.5 Å². The first kappa shape index (κ1) is 17.8. The fraction of sp³-hybridized carbons (Fsp3) is 0.158. The first-order valence-electron chi connectivity index (χ1n) is 8.53. The second kappa shape index (κ2) is 7.18. The quantitative estimate of drug-likeness (QED) is 0.575. The zero-order valence-electron chi connectivity index (χ0n) is 15.3. The van der Waals surface area contributed by atoms with Gasteiger partial charge in [0.25, 0.3) is 0 Å². The van der Waals surface area contributed by atoms with E-state index in [0.717, 1.165) is 17.2 Å². The first-order valence-corrected chi connectivity index (χ1v) is 8.53. The molecule has 0 fully saturated rings. The summed E-state index contributed by atoms with van der Waals surface area (Å²) in [5.41, 5.74) is 2.59. The second-order valence-electron chi connectivity index (χ2n) is 6.36. The van der Waals surface area contributed by atoms with Crippen LogP contribution in [0.1, 0.15) is 5.56 Å². The molecule has 0 bridgehead atoms. The Kier molecular flexibility index (Phi) is 4.56. The molecule has 7 nitrogen and oxygen atoms in total. The molecule has 0 unspecified atom stereocenters. The van der Waals surface area contributed by atoms with Gasteiger partial charge in [0.15, 0.2) is 5.82 Å². The van der Waals surface area contributed by atoms with E-state index in [2.05, 4.69) is 25.5 Å². The summed E-state index contributed by atoms with van der Waals surface area (Å²) in [6.45, 7) is 0.155. The topological polar surface area (TPSA) is 73.5 Å². The minimum absolute atomic E-state index is 0.155. The van der Waals surface area contributed by atoms with Gasteiger partial charge in [0.2, 0.25) is 0 Å². The van der Waals surface area contributed by atoms with Crippen LogP contribution in [-0.2, 0) is 20.6 Å². The average molecular weight is 381 g/mol. The molecule has 0 saturated heterocycles. The number of benzene rings is 1. The van der Waals surface area contributed by atoms with Gasteiger partial charge < -0.3 is 5.32 Å². The van der Waals surface area contributed by atoms with Crippen molar-refractivity contribution in [1.29, 1.82) is 0 Å². The molecule has 1 N–H and O–H groups in total. The lowest BCUT2D eigenvalue weighted by atomic mass is 10.2. The summed E-state index contributed by atoms with van der Waals surface area (Å²) in [6.07, 6.45) is 7.04. The predicted molar refractivity (Wildman–Crippen MR) is 100 cm³/mol. The Balaban J connectivity index is 1.69. The van der Waals surface area contributed by atoms with Crippen LogP contribution in [-0.4, -0.2) is 29.5 Å². The number of halogens is 2. The summed E-state index contributed by atoms with van der Waals surface area (Å²) in [6, 6.07) is 5.25. The van der Waals surface area contributed by atoms with Gasteiger partial charge in [-0.1, -0.05) is 6.07 Å². The Labute approximate surface area is 159 Å². The van der Waals surface area contributed by atoms with Gasteiger partial charge in [0, 0.05) is 56.3 Å². The molecule has 0 radical (unpaired) electrons. The monoisotopic (exact) mass is 381 g/mol. The van der Waals surface area contributed by atoms with Gasteiger partial charge in [-0.05, 0) is 6.07 Å². The summed E-state index contributed by atoms with van der Waals surface area (Å²) in [5, 5.41) is 11.4. The van der Waals surface area contributed by atoms with Gasteiger partial charge in [-0.25, -0.2) is 18.7 Å². The van der Waals surface area contributed by atoms with E-state index >= 15 is 0 Å². The number of aryl methyl sites for hydroxylation is 2. The molecule has 0 aliphatic heterocycles. The van der Waals surface area contributed by atoms with Crippen molar-refractivity contribution in [3.8, 4) is 22.6 Å². The Morgan fingerprint density at radius 2 is 1.64 bits per heavy atom. The normalized spacial score (nSPS) is 11.0. The van der Waals surface area contributed by atoms with E-state index in [9.17, 15) is 8.78 Å². The molecule has 28 heavy (non-hydrogen) atoms. The van der Waals surface area contributed by atoms with Crippen molar-refractivity contribution in [2.45, 2.75) is 6.54 Å². The number of hydrogen-bond acceptors (Lipinski definition) is 5. The zero-order valence-corrected chi connectivity index (χ0v) is 15.3. The predicted octanol–water partition coefficient (Wildman–Crippen LogP) is 3.17. The fourth-order valence-electron chi connectivity index (χ4n) is 2.76. The molecule has 0 aliphatic rings. The summed E-state index contributed by atoms with van der Waals surface area (Å²) >= 11 is 0. The summed E-state index contributed by atoms with van der Waals surface area (Å²) in [4.78, 5) is 9.12. The highest BCUT2D eigenvalue weighted by atomic mass is 19.1. The molecule has 0 spiro atoms. The highest BCUT2D eigenvalue weighted by Crippen LogP contribution is 2.24.